The van der Waals surface area contributed by atoms with E-state index in [-0.39, 0.29) is 16.4 Å². The molecule has 0 heterocycles. The maximum Gasteiger partial charge on any atom is 0.701 e. The summed E-state index contributed by atoms with van der Waals surface area (Å²) in [6.45, 7) is 5.53. The van der Waals surface area contributed by atoms with E-state index in [1.165, 1.54) is 0 Å². The molecule has 0 aliphatic heterocycles. The maximum absolute atomic E-state index is 9.59. The number of hydrogen-bond donors (Lipinski definition) is 2. The molecule has 1 atom stereocenters. The summed E-state index contributed by atoms with van der Waals surface area (Å²) in [5.41, 5.74) is 0.274. The molecule has 1 unspecified atom stereocenters. The second kappa shape index (κ2) is 6.06. The van der Waals surface area contributed by atoms with E-state index in [1.807, 2.05) is 37.3 Å². The van der Waals surface area contributed by atoms with Crippen LogP contribution in [-0.4, -0.2) is 34.7 Å². The zero-order valence-corrected chi connectivity index (χ0v) is 14.1. The van der Waals surface area contributed by atoms with Crippen molar-refractivity contribution >= 4 is 19.5 Å². The van der Waals surface area contributed by atoms with Crippen molar-refractivity contribution in [3.05, 3.63) is 35.9 Å². The lowest BCUT2D eigenvalue weighted by Gasteiger charge is -2.35. The minimum atomic E-state index is -4.22. The fourth-order valence-corrected chi connectivity index (χ4v) is 3.46. The number of benzene rings is 1. The average molecular weight is 288 g/mol. The Kier molecular flexibility index (Phi) is 5.23. The highest BCUT2D eigenvalue weighted by atomic mass is 28.4. The fraction of sp³-hybridized carbons (Fsp3) is 0.455. The first-order valence-corrected chi connectivity index (χ1v) is 8.23. The molecule has 1 rings (SSSR count). The third kappa shape index (κ3) is 4.28. The Morgan fingerprint density at radius 1 is 1.22 bits per heavy atom. The van der Waals surface area contributed by atoms with Crippen molar-refractivity contribution in [2.24, 2.45) is 0 Å². The molecular formula is C11H20O5Si2. The van der Waals surface area contributed by atoms with Crippen LogP contribution in [-0.2, 0) is 13.6 Å². The van der Waals surface area contributed by atoms with Crippen LogP contribution in [0.1, 0.15) is 32.3 Å². The molecule has 102 valence electrons. The zero-order valence-electron chi connectivity index (χ0n) is 11.1. The lowest BCUT2D eigenvalue weighted by Crippen LogP contribution is -2.50. The highest BCUT2D eigenvalue weighted by Crippen LogP contribution is 2.32. The van der Waals surface area contributed by atoms with Crippen LogP contribution in [0.4, 0.5) is 0 Å². The van der Waals surface area contributed by atoms with Crippen LogP contribution in [0.3, 0.4) is 0 Å². The Morgan fingerprint density at radius 3 is 2.28 bits per heavy atom. The summed E-state index contributed by atoms with van der Waals surface area (Å²) in [7, 11) is -3.98. The molecule has 0 saturated heterocycles. The topological polar surface area (TPSA) is 68.2 Å². The molecule has 0 amide bonds. The molecular weight excluding hydrogens is 268 g/mol. The molecule has 7 heteroatoms. The predicted octanol–water partition coefficient (Wildman–Crippen LogP) is 0.234. The fourth-order valence-electron chi connectivity index (χ4n) is 1.70. The standard InChI is InChI=1S/C11H20O5Si2/c1-9(10-7-5-4-6-8-10)11(2,3)14-18(12,13)16-15-17/h4-9,12-13H,1-3,17H3. The third-order valence-electron chi connectivity index (χ3n) is 2.93. The molecule has 0 aliphatic rings. The van der Waals surface area contributed by atoms with Gasteiger partial charge in [-0.05, 0) is 19.4 Å². The molecule has 0 bridgehead atoms. The Bertz CT molecular complexity index is 369. The van der Waals surface area contributed by atoms with Gasteiger partial charge >= 0.3 is 9.05 Å². The molecule has 1 aromatic rings. The highest BCUT2D eigenvalue weighted by Gasteiger charge is 2.46. The molecule has 0 spiro atoms. The minimum absolute atomic E-state index is 0.0254. The Balaban J connectivity index is 2.80. The summed E-state index contributed by atoms with van der Waals surface area (Å²) in [5, 5.41) is 0. The van der Waals surface area contributed by atoms with Gasteiger partial charge in [0.1, 0.15) is 0 Å². The van der Waals surface area contributed by atoms with E-state index in [1.54, 1.807) is 13.8 Å². The highest BCUT2D eigenvalue weighted by molar-refractivity contribution is 6.50. The zero-order chi connectivity index (χ0) is 13.8. The van der Waals surface area contributed by atoms with Gasteiger partial charge in [-0.25, -0.2) is 4.58 Å². The van der Waals surface area contributed by atoms with Crippen LogP contribution >= 0.6 is 0 Å². The van der Waals surface area contributed by atoms with Crippen molar-refractivity contribution in [3.8, 4) is 0 Å². The summed E-state index contributed by atoms with van der Waals surface area (Å²) in [5.74, 6) is -0.0254. The predicted molar refractivity (Wildman–Crippen MR) is 72.3 cm³/mol. The van der Waals surface area contributed by atoms with Gasteiger partial charge in [0.25, 0.3) is 0 Å². The normalized spacial score (nSPS) is 14.7. The molecule has 0 aromatic heterocycles. The Labute approximate surface area is 111 Å². The van der Waals surface area contributed by atoms with Gasteiger partial charge in [-0.1, -0.05) is 37.3 Å². The van der Waals surface area contributed by atoms with Crippen LogP contribution < -0.4 is 0 Å². The van der Waals surface area contributed by atoms with Gasteiger partial charge in [-0.15, -0.1) is 0 Å². The van der Waals surface area contributed by atoms with E-state index in [9.17, 15) is 9.59 Å². The molecule has 5 nitrogen and oxygen atoms in total. The minimum Gasteiger partial charge on any atom is -0.366 e. The van der Waals surface area contributed by atoms with Crippen molar-refractivity contribution in [1.29, 1.82) is 0 Å². The summed E-state index contributed by atoms with van der Waals surface area (Å²) in [6, 6.07) is 9.74. The maximum atomic E-state index is 9.59. The molecule has 18 heavy (non-hydrogen) atoms. The monoisotopic (exact) mass is 288 g/mol. The summed E-state index contributed by atoms with van der Waals surface area (Å²) in [4.78, 5) is 19.2. The summed E-state index contributed by atoms with van der Waals surface area (Å²) in [6.07, 6.45) is 0. The Hall–Kier alpha value is -0.546. The van der Waals surface area contributed by atoms with Crippen LogP contribution in [0.15, 0.2) is 30.3 Å². The first kappa shape index (κ1) is 15.5. The third-order valence-corrected chi connectivity index (χ3v) is 4.61. The lowest BCUT2D eigenvalue weighted by molar-refractivity contribution is -0.198. The van der Waals surface area contributed by atoms with E-state index in [0.717, 1.165) is 5.56 Å². The van der Waals surface area contributed by atoms with Crippen LogP contribution in [0.5, 0.6) is 0 Å². The largest absolute Gasteiger partial charge is 0.701 e. The molecule has 0 saturated carbocycles. The molecule has 2 N–H and O–H groups in total. The van der Waals surface area contributed by atoms with Crippen LogP contribution in [0, 0.1) is 0 Å². The summed E-state index contributed by atoms with van der Waals surface area (Å²) >= 11 is 0. The average Bonchev–Trinajstić information content (AvgIpc) is 2.27. The SMILES string of the molecule is CC(c1ccccc1)C(C)(C)O[Si](O)(O)OO[SiH3]. The molecule has 0 radical (unpaired) electrons. The van der Waals surface area contributed by atoms with E-state index >= 15 is 0 Å². The number of hydrogen-bond acceptors (Lipinski definition) is 5. The van der Waals surface area contributed by atoms with Crippen LogP contribution in [0.2, 0.25) is 0 Å². The molecule has 1 aromatic carbocycles. The first-order chi connectivity index (χ1) is 8.28. The smallest absolute Gasteiger partial charge is 0.366 e. The van der Waals surface area contributed by atoms with Gasteiger partial charge in [0.05, 0.1) is 5.60 Å². The van der Waals surface area contributed by atoms with Gasteiger partial charge in [-0.2, -0.15) is 0 Å². The first-order valence-electron chi connectivity index (χ1n) is 5.70. The Morgan fingerprint density at radius 2 is 1.78 bits per heavy atom. The molecule has 0 fully saturated rings. The van der Waals surface area contributed by atoms with Gasteiger partial charge in [-0.3, -0.25) is 0 Å². The van der Waals surface area contributed by atoms with Crippen molar-refractivity contribution in [1.82, 2.24) is 0 Å². The van der Waals surface area contributed by atoms with Crippen molar-refractivity contribution in [2.45, 2.75) is 32.3 Å². The van der Waals surface area contributed by atoms with E-state index in [4.69, 9.17) is 4.43 Å². The molecule has 0 aliphatic carbocycles. The van der Waals surface area contributed by atoms with Crippen molar-refractivity contribution in [3.63, 3.8) is 0 Å². The van der Waals surface area contributed by atoms with Crippen molar-refractivity contribution in [2.75, 3.05) is 0 Å². The van der Waals surface area contributed by atoms with E-state index < -0.39 is 14.6 Å². The second-order valence-electron chi connectivity index (χ2n) is 4.64. The van der Waals surface area contributed by atoms with Crippen molar-refractivity contribution < 1.29 is 23.2 Å². The van der Waals surface area contributed by atoms with Gasteiger partial charge in [0.2, 0.25) is 0 Å². The van der Waals surface area contributed by atoms with Gasteiger partial charge < -0.3 is 18.6 Å². The second-order valence-corrected chi connectivity index (χ2v) is 6.44. The number of rotatable bonds is 6. The van der Waals surface area contributed by atoms with Crippen LogP contribution in [0.25, 0.3) is 0 Å². The van der Waals surface area contributed by atoms with E-state index in [0.29, 0.717) is 0 Å². The summed E-state index contributed by atoms with van der Waals surface area (Å²) < 4.78 is 14.2. The lowest BCUT2D eigenvalue weighted by atomic mass is 9.86. The quantitative estimate of drug-likeness (QED) is 0.446. The van der Waals surface area contributed by atoms with Gasteiger partial charge in [0.15, 0.2) is 10.5 Å². The van der Waals surface area contributed by atoms with E-state index in [2.05, 4.69) is 9.15 Å². The van der Waals surface area contributed by atoms with Gasteiger partial charge in [0, 0.05) is 5.92 Å².